The molecule has 2 aromatic heterocycles. The van der Waals surface area contributed by atoms with Crippen LogP contribution in [0.1, 0.15) is 0 Å². The second-order valence-electron chi connectivity index (χ2n) is 3.77. The zero-order valence-electron chi connectivity index (χ0n) is 8.85. The number of fused-ring (bicyclic) bond motifs is 1. The van der Waals surface area contributed by atoms with Crippen LogP contribution in [0.25, 0.3) is 22.4 Å². The van der Waals surface area contributed by atoms with Gasteiger partial charge in [-0.3, -0.25) is 4.98 Å². The Morgan fingerprint density at radius 2 is 2.00 bits per heavy atom. The highest BCUT2D eigenvalue weighted by Gasteiger charge is 2.07. The number of nitrogens with zero attached hydrogens (tertiary/aromatic N) is 1. The molecule has 0 unspecified atom stereocenters. The number of furan rings is 1. The van der Waals surface area contributed by atoms with Gasteiger partial charge in [0.2, 0.25) is 0 Å². The molecule has 3 rings (SSSR count). The fourth-order valence-corrected chi connectivity index (χ4v) is 2.05. The summed E-state index contributed by atoms with van der Waals surface area (Å²) in [7, 11) is 0. The first-order chi connectivity index (χ1) is 8.22. The molecular formula is C13H9BrN2O. The van der Waals surface area contributed by atoms with Crippen LogP contribution in [0, 0.1) is 0 Å². The summed E-state index contributed by atoms with van der Waals surface area (Å²) in [6, 6.07) is 11.4. The average Bonchev–Trinajstić information content (AvgIpc) is 2.72. The molecule has 0 saturated heterocycles. The summed E-state index contributed by atoms with van der Waals surface area (Å²) < 4.78 is 6.73. The molecule has 0 aliphatic heterocycles. The summed E-state index contributed by atoms with van der Waals surface area (Å²) in [5.41, 5.74) is 7.98. The molecule has 0 spiro atoms. The second kappa shape index (κ2) is 3.89. The maximum Gasteiger partial charge on any atom is 0.153 e. The average molecular weight is 289 g/mol. The number of nitrogen functional groups attached to an aromatic ring is 1. The summed E-state index contributed by atoms with van der Waals surface area (Å²) in [6.07, 6.45) is 1.67. The largest absolute Gasteiger partial charge is 0.454 e. The van der Waals surface area contributed by atoms with Crippen LogP contribution in [0.15, 0.2) is 51.5 Å². The van der Waals surface area contributed by atoms with Gasteiger partial charge in [0, 0.05) is 21.7 Å². The second-order valence-corrected chi connectivity index (χ2v) is 4.68. The lowest BCUT2D eigenvalue weighted by Crippen LogP contribution is -1.86. The fraction of sp³-hybridized carbons (Fsp3) is 0. The van der Waals surface area contributed by atoms with Gasteiger partial charge in [-0.15, -0.1) is 0 Å². The third kappa shape index (κ3) is 1.91. The summed E-state index contributed by atoms with van der Waals surface area (Å²) in [6.45, 7) is 0. The van der Waals surface area contributed by atoms with Gasteiger partial charge < -0.3 is 10.2 Å². The number of halogens is 1. The highest BCUT2D eigenvalue weighted by Crippen LogP contribution is 2.29. The van der Waals surface area contributed by atoms with Gasteiger partial charge in [-0.25, -0.2) is 0 Å². The number of hydrogen-bond acceptors (Lipinski definition) is 3. The summed E-state index contributed by atoms with van der Waals surface area (Å²) >= 11 is 3.41. The van der Waals surface area contributed by atoms with E-state index in [0.717, 1.165) is 26.9 Å². The first-order valence-corrected chi connectivity index (χ1v) is 5.93. The van der Waals surface area contributed by atoms with Crippen LogP contribution < -0.4 is 5.73 Å². The van der Waals surface area contributed by atoms with E-state index in [9.17, 15) is 0 Å². The molecule has 0 bridgehead atoms. The normalized spacial score (nSPS) is 10.9. The van der Waals surface area contributed by atoms with Crippen LogP contribution in [0.4, 0.5) is 5.69 Å². The lowest BCUT2D eigenvalue weighted by atomic mass is 10.2. The maximum absolute atomic E-state index is 5.74. The minimum Gasteiger partial charge on any atom is -0.454 e. The van der Waals surface area contributed by atoms with E-state index in [4.69, 9.17) is 10.2 Å². The van der Waals surface area contributed by atoms with E-state index >= 15 is 0 Å². The summed E-state index contributed by atoms with van der Waals surface area (Å²) in [5.74, 6) is 0.727. The van der Waals surface area contributed by atoms with Crippen molar-refractivity contribution in [1.29, 1.82) is 0 Å². The number of benzene rings is 1. The first-order valence-electron chi connectivity index (χ1n) is 5.13. The van der Waals surface area contributed by atoms with Gasteiger partial charge in [0.05, 0.1) is 0 Å². The fourth-order valence-electron chi connectivity index (χ4n) is 1.71. The Morgan fingerprint density at radius 1 is 1.12 bits per heavy atom. The van der Waals surface area contributed by atoms with Crippen molar-refractivity contribution >= 4 is 32.6 Å². The molecule has 17 heavy (non-hydrogen) atoms. The number of anilines is 1. The first kappa shape index (κ1) is 10.4. The molecule has 0 atom stereocenters. The van der Waals surface area contributed by atoms with Crippen molar-refractivity contribution in [2.75, 3.05) is 5.73 Å². The Labute approximate surface area is 106 Å². The third-order valence-corrected chi connectivity index (χ3v) is 3.01. The predicted octanol–water partition coefficient (Wildman–Crippen LogP) is 3.84. The minimum atomic E-state index is 0.677. The van der Waals surface area contributed by atoms with E-state index in [1.165, 1.54) is 0 Å². The van der Waals surface area contributed by atoms with Crippen LogP contribution >= 0.6 is 15.9 Å². The van der Waals surface area contributed by atoms with Crippen LogP contribution in [-0.4, -0.2) is 4.98 Å². The van der Waals surface area contributed by atoms with Crippen molar-refractivity contribution in [3.8, 4) is 11.5 Å². The molecule has 4 heteroatoms. The molecule has 0 radical (unpaired) electrons. The van der Waals surface area contributed by atoms with Crippen molar-refractivity contribution in [2.24, 2.45) is 0 Å². The summed E-state index contributed by atoms with van der Waals surface area (Å²) in [4.78, 5) is 4.24. The maximum atomic E-state index is 5.74. The molecule has 0 amide bonds. The molecule has 84 valence electrons. The molecular weight excluding hydrogens is 280 g/mol. The Kier molecular flexibility index (Phi) is 2.37. The highest BCUT2D eigenvalue weighted by molar-refractivity contribution is 9.10. The van der Waals surface area contributed by atoms with Gasteiger partial charge in [-0.1, -0.05) is 15.9 Å². The number of aromatic nitrogens is 1. The van der Waals surface area contributed by atoms with Crippen LogP contribution in [-0.2, 0) is 0 Å². The zero-order chi connectivity index (χ0) is 11.8. The van der Waals surface area contributed by atoms with Crippen LogP contribution in [0.2, 0.25) is 0 Å². The van der Waals surface area contributed by atoms with Crippen molar-refractivity contribution < 1.29 is 4.42 Å². The molecule has 3 nitrogen and oxygen atoms in total. The van der Waals surface area contributed by atoms with Gasteiger partial charge in [0.15, 0.2) is 5.76 Å². The smallest absolute Gasteiger partial charge is 0.153 e. The van der Waals surface area contributed by atoms with Gasteiger partial charge in [0.25, 0.3) is 0 Å². The van der Waals surface area contributed by atoms with E-state index in [-0.39, 0.29) is 0 Å². The number of nitrogens with two attached hydrogens (primary N) is 1. The SMILES string of the molecule is Nc1ccnc(-c2cc3ccc(Br)cc3o2)c1. The van der Waals surface area contributed by atoms with Gasteiger partial charge in [0.1, 0.15) is 11.3 Å². The standard InChI is InChI=1S/C13H9BrN2O/c14-9-2-1-8-5-13(17-12(8)6-9)11-7-10(15)3-4-16-11/h1-7H,(H2,15,16). The monoisotopic (exact) mass is 288 g/mol. The molecule has 2 heterocycles. The summed E-state index contributed by atoms with van der Waals surface area (Å²) in [5, 5.41) is 1.05. The Hall–Kier alpha value is -1.81. The Bertz CT molecular complexity index is 691. The molecule has 0 aliphatic rings. The van der Waals surface area contributed by atoms with Crippen molar-refractivity contribution in [3.63, 3.8) is 0 Å². The van der Waals surface area contributed by atoms with E-state index < -0.39 is 0 Å². The van der Waals surface area contributed by atoms with E-state index in [0.29, 0.717) is 5.69 Å². The molecule has 2 N–H and O–H groups in total. The van der Waals surface area contributed by atoms with Crippen molar-refractivity contribution in [1.82, 2.24) is 4.98 Å². The molecule has 0 fully saturated rings. The lowest BCUT2D eigenvalue weighted by molar-refractivity contribution is 0.628. The predicted molar refractivity (Wildman–Crippen MR) is 71.6 cm³/mol. The molecule has 0 saturated carbocycles. The third-order valence-electron chi connectivity index (χ3n) is 2.52. The topological polar surface area (TPSA) is 52.0 Å². The molecule has 3 aromatic rings. The molecule has 0 aliphatic carbocycles. The van der Waals surface area contributed by atoms with Crippen LogP contribution in [0.5, 0.6) is 0 Å². The Morgan fingerprint density at radius 3 is 2.82 bits per heavy atom. The number of rotatable bonds is 1. The van der Waals surface area contributed by atoms with Crippen LogP contribution in [0.3, 0.4) is 0 Å². The van der Waals surface area contributed by atoms with Crippen molar-refractivity contribution in [2.45, 2.75) is 0 Å². The van der Waals surface area contributed by atoms with Crippen molar-refractivity contribution in [3.05, 3.63) is 47.1 Å². The highest BCUT2D eigenvalue weighted by atomic mass is 79.9. The lowest BCUT2D eigenvalue weighted by Gasteiger charge is -1.96. The number of hydrogen-bond donors (Lipinski definition) is 1. The van der Waals surface area contributed by atoms with Gasteiger partial charge >= 0.3 is 0 Å². The van der Waals surface area contributed by atoms with Gasteiger partial charge in [-0.2, -0.15) is 0 Å². The molecule has 1 aromatic carbocycles. The Balaban J connectivity index is 2.18. The number of pyridine rings is 1. The van der Waals surface area contributed by atoms with E-state index in [1.807, 2.05) is 24.3 Å². The van der Waals surface area contributed by atoms with E-state index in [1.54, 1.807) is 18.3 Å². The van der Waals surface area contributed by atoms with E-state index in [2.05, 4.69) is 20.9 Å². The zero-order valence-corrected chi connectivity index (χ0v) is 10.4. The van der Waals surface area contributed by atoms with Gasteiger partial charge in [-0.05, 0) is 36.4 Å². The quantitative estimate of drug-likeness (QED) is 0.740. The minimum absolute atomic E-state index is 0.677.